The number of pyridine rings is 1. The molecule has 3 aromatic rings. The topological polar surface area (TPSA) is 110 Å². The third-order valence-corrected chi connectivity index (χ3v) is 6.53. The fraction of sp³-hybridized carbons (Fsp3) is 0.409. The third kappa shape index (κ3) is 5.92. The summed E-state index contributed by atoms with van der Waals surface area (Å²) in [5.74, 6) is -2.61. The molecule has 0 spiro atoms. The number of benzene rings is 1. The van der Waals surface area contributed by atoms with Gasteiger partial charge < -0.3 is 24.5 Å². The van der Waals surface area contributed by atoms with Crippen molar-refractivity contribution in [1.82, 2.24) is 14.8 Å². The second-order valence-electron chi connectivity index (χ2n) is 7.53. The van der Waals surface area contributed by atoms with Crippen LogP contribution in [-0.4, -0.2) is 79.1 Å². The Labute approximate surface area is 201 Å². The molecule has 1 aliphatic rings. The molecule has 1 aliphatic heterocycles. The molecule has 0 saturated carbocycles. The van der Waals surface area contributed by atoms with Crippen molar-refractivity contribution in [1.29, 1.82) is 0 Å². The molecule has 1 saturated heterocycles. The number of thiophene rings is 1. The minimum Gasteiger partial charge on any atom is -0.490 e. The van der Waals surface area contributed by atoms with Crippen LogP contribution in [0.25, 0.3) is 21.0 Å². The van der Waals surface area contributed by atoms with E-state index in [2.05, 4.69) is 10.2 Å². The number of hydrogen-bond acceptors (Lipinski definition) is 7. The van der Waals surface area contributed by atoms with E-state index >= 15 is 0 Å². The summed E-state index contributed by atoms with van der Waals surface area (Å²) in [5.41, 5.74) is 0.686. The van der Waals surface area contributed by atoms with Crippen LogP contribution < -0.4 is 15.6 Å². The number of hydrogen-bond donors (Lipinski definition) is 2. The van der Waals surface area contributed by atoms with E-state index in [-0.39, 0.29) is 11.5 Å². The maximum absolute atomic E-state index is 13.1. The van der Waals surface area contributed by atoms with Gasteiger partial charge in [-0.15, -0.1) is 11.3 Å². The first-order valence-electron chi connectivity index (χ1n) is 10.6. The molecule has 13 heteroatoms. The number of nitrogens with zero attached hydrogens (tertiary/aromatic N) is 2. The Balaban J connectivity index is 0.000000429. The van der Waals surface area contributed by atoms with Gasteiger partial charge in [-0.2, -0.15) is 13.2 Å². The lowest BCUT2D eigenvalue weighted by Gasteiger charge is -2.26. The average Bonchev–Trinajstić information content (AvgIpc) is 3.22. The summed E-state index contributed by atoms with van der Waals surface area (Å²) < 4.78 is 45.6. The molecule has 2 N–H and O–H groups in total. The molecule has 0 bridgehead atoms. The molecule has 35 heavy (non-hydrogen) atoms. The van der Waals surface area contributed by atoms with Crippen molar-refractivity contribution in [2.45, 2.75) is 6.18 Å². The standard InChI is InChI=1S/C20H23N3O4S.C2HF3O2/c1-21-19(24)18-16(27-12-9-23-7-10-26-11-8-23)15-17(28-18)13-5-3-4-6-14(13)22(2)20(15)25;3-2(4,5)1(6)7/h3-6H,7-12H2,1-2H3,(H,21,24);(H,6,7). The van der Waals surface area contributed by atoms with Crippen molar-refractivity contribution in [2.24, 2.45) is 7.05 Å². The highest BCUT2D eigenvalue weighted by molar-refractivity contribution is 7.22. The third-order valence-electron chi connectivity index (χ3n) is 5.33. The molecule has 0 unspecified atom stereocenters. The van der Waals surface area contributed by atoms with E-state index in [1.807, 2.05) is 24.3 Å². The van der Waals surface area contributed by atoms with Gasteiger partial charge in [0.2, 0.25) is 0 Å². The monoisotopic (exact) mass is 515 g/mol. The summed E-state index contributed by atoms with van der Waals surface area (Å²) in [6.45, 7) is 4.30. The molecule has 9 nitrogen and oxygen atoms in total. The number of morpholine rings is 1. The lowest BCUT2D eigenvalue weighted by molar-refractivity contribution is -0.192. The Kier molecular flexibility index (Phi) is 8.35. The second kappa shape index (κ2) is 11.1. The Hall–Kier alpha value is -3.16. The van der Waals surface area contributed by atoms with Gasteiger partial charge in [-0.3, -0.25) is 14.5 Å². The van der Waals surface area contributed by atoms with E-state index in [1.54, 1.807) is 18.7 Å². The molecule has 1 aromatic carbocycles. The fourth-order valence-electron chi connectivity index (χ4n) is 3.54. The van der Waals surface area contributed by atoms with E-state index in [1.165, 1.54) is 11.3 Å². The smallest absolute Gasteiger partial charge is 0.490 e. The van der Waals surface area contributed by atoms with E-state index in [0.29, 0.717) is 22.6 Å². The lowest BCUT2D eigenvalue weighted by atomic mass is 10.1. The van der Waals surface area contributed by atoms with Gasteiger partial charge in [0.25, 0.3) is 11.5 Å². The van der Waals surface area contributed by atoms with Crippen LogP contribution in [0.1, 0.15) is 9.67 Å². The maximum Gasteiger partial charge on any atom is 0.490 e. The molecule has 1 amide bonds. The van der Waals surface area contributed by atoms with E-state index in [0.717, 1.165) is 48.5 Å². The average molecular weight is 516 g/mol. The van der Waals surface area contributed by atoms with Gasteiger partial charge in [0.15, 0.2) is 5.75 Å². The van der Waals surface area contributed by atoms with Crippen LogP contribution >= 0.6 is 11.3 Å². The van der Waals surface area contributed by atoms with Crippen molar-refractivity contribution >= 4 is 44.2 Å². The van der Waals surface area contributed by atoms with Gasteiger partial charge >= 0.3 is 12.1 Å². The summed E-state index contributed by atoms with van der Waals surface area (Å²) in [6, 6.07) is 7.72. The van der Waals surface area contributed by atoms with Crippen molar-refractivity contribution in [3.63, 3.8) is 0 Å². The second-order valence-corrected chi connectivity index (χ2v) is 8.55. The highest BCUT2D eigenvalue weighted by atomic mass is 32.1. The normalized spacial score (nSPS) is 14.4. The number of aryl methyl sites for hydroxylation is 1. The molecule has 3 heterocycles. The minimum atomic E-state index is -5.08. The Morgan fingerprint density at radius 2 is 1.86 bits per heavy atom. The van der Waals surface area contributed by atoms with Crippen LogP contribution in [0.2, 0.25) is 0 Å². The van der Waals surface area contributed by atoms with Crippen LogP contribution in [-0.2, 0) is 16.6 Å². The van der Waals surface area contributed by atoms with Crippen LogP contribution in [0.5, 0.6) is 5.75 Å². The molecular weight excluding hydrogens is 491 g/mol. The highest BCUT2D eigenvalue weighted by Crippen LogP contribution is 2.39. The fourth-order valence-corrected chi connectivity index (χ4v) is 4.75. The number of halogens is 3. The van der Waals surface area contributed by atoms with Crippen molar-refractivity contribution < 1.29 is 37.3 Å². The summed E-state index contributed by atoms with van der Waals surface area (Å²) >= 11 is 1.31. The number of rotatable bonds is 5. The molecule has 190 valence electrons. The number of nitrogens with one attached hydrogen (secondary N) is 1. The van der Waals surface area contributed by atoms with Crippen LogP contribution in [0.3, 0.4) is 0 Å². The molecule has 4 rings (SSSR count). The number of carboxylic acid groups (broad SMARTS) is 1. The number of para-hydroxylation sites is 1. The van der Waals surface area contributed by atoms with Crippen LogP contribution in [0, 0.1) is 0 Å². The number of aliphatic carboxylic acids is 1. The molecule has 2 aromatic heterocycles. The first-order valence-corrected chi connectivity index (χ1v) is 11.4. The predicted molar refractivity (Wildman–Crippen MR) is 124 cm³/mol. The maximum atomic E-state index is 13.1. The quantitative estimate of drug-likeness (QED) is 0.537. The van der Waals surface area contributed by atoms with Gasteiger partial charge in [-0.25, -0.2) is 4.79 Å². The summed E-state index contributed by atoms with van der Waals surface area (Å²) in [4.78, 5) is 37.2. The number of alkyl halides is 3. The largest absolute Gasteiger partial charge is 0.490 e. The number of carbonyl (C=O) groups is 2. The number of ether oxygens (including phenoxy) is 2. The zero-order valence-electron chi connectivity index (χ0n) is 19.0. The predicted octanol–water partition coefficient (Wildman–Crippen LogP) is 2.46. The Morgan fingerprint density at radius 1 is 1.23 bits per heavy atom. The molecule has 0 atom stereocenters. The van der Waals surface area contributed by atoms with Gasteiger partial charge in [0, 0.05) is 39.1 Å². The number of aromatic nitrogens is 1. The SMILES string of the molecule is CNC(=O)c1sc2c(c1OCCN1CCOCC1)c(=O)n(C)c1ccccc21.O=C(O)C(F)(F)F. The summed E-state index contributed by atoms with van der Waals surface area (Å²) in [6.07, 6.45) is -5.08. The summed E-state index contributed by atoms with van der Waals surface area (Å²) in [5, 5.41) is 11.2. The highest BCUT2D eigenvalue weighted by Gasteiger charge is 2.38. The number of carbonyl (C=O) groups excluding carboxylic acids is 1. The van der Waals surface area contributed by atoms with Crippen molar-refractivity contribution in [2.75, 3.05) is 46.5 Å². The number of amides is 1. The zero-order valence-corrected chi connectivity index (χ0v) is 19.8. The molecule has 0 aliphatic carbocycles. The molecule has 1 fully saturated rings. The first kappa shape index (κ1) is 26.4. The van der Waals surface area contributed by atoms with Gasteiger partial charge in [-0.05, 0) is 6.07 Å². The van der Waals surface area contributed by atoms with Gasteiger partial charge in [0.1, 0.15) is 16.9 Å². The van der Waals surface area contributed by atoms with E-state index in [4.69, 9.17) is 19.4 Å². The van der Waals surface area contributed by atoms with Crippen LogP contribution in [0.15, 0.2) is 29.1 Å². The molecule has 0 radical (unpaired) electrons. The van der Waals surface area contributed by atoms with Gasteiger partial charge in [-0.1, -0.05) is 18.2 Å². The number of fused-ring (bicyclic) bond motifs is 3. The van der Waals surface area contributed by atoms with Gasteiger partial charge in [0.05, 0.1) is 23.4 Å². The van der Waals surface area contributed by atoms with E-state index < -0.39 is 12.1 Å². The summed E-state index contributed by atoms with van der Waals surface area (Å²) in [7, 11) is 3.33. The molecular formula is C22H24F3N3O6S. The Morgan fingerprint density at radius 3 is 2.46 bits per heavy atom. The minimum absolute atomic E-state index is 0.151. The Bertz CT molecular complexity index is 1280. The number of carboxylic acids is 1. The lowest BCUT2D eigenvalue weighted by Crippen LogP contribution is -2.38. The zero-order chi connectivity index (χ0) is 25.8. The van der Waals surface area contributed by atoms with Crippen molar-refractivity contribution in [3.05, 3.63) is 39.5 Å². The van der Waals surface area contributed by atoms with E-state index in [9.17, 15) is 22.8 Å². The van der Waals surface area contributed by atoms with Crippen molar-refractivity contribution in [3.8, 4) is 5.75 Å². The van der Waals surface area contributed by atoms with Crippen LogP contribution in [0.4, 0.5) is 13.2 Å². The first-order chi connectivity index (χ1) is 16.6.